The zero-order valence-corrected chi connectivity index (χ0v) is 25.2. The topological polar surface area (TPSA) is 241 Å². The number of anilines is 1. The number of nitrogens with one attached hydrogen (secondary N) is 2. The summed E-state index contributed by atoms with van der Waals surface area (Å²) in [6, 6.07) is 8.96. The Balaban J connectivity index is 1.46. The Hall–Kier alpha value is -3.15. The molecule has 5 atom stereocenters. The van der Waals surface area contributed by atoms with Crippen molar-refractivity contribution in [2.45, 2.75) is 51.4 Å². The van der Waals surface area contributed by atoms with E-state index >= 15 is 0 Å². The summed E-state index contributed by atoms with van der Waals surface area (Å²) in [4.78, 5) is 46.2. The Morgan fingerprint density at radius 1 is 1.30 bits per heavy atom. The Morgan fingerprint density at radius 2 is 2.00 bits per heavy atom. The van der Waals surface area contributed by atoms with E-state index in [-0.39, 0.29) is 36.0 Å². The first-order valence-electron chi connectivity index (χ1n) is 13.0. The lowest BCUT2D eigenvalue weighted by Gasteiger charge is -2.27. The van der Waals surface area contributed by atoms with Gasteiger partial charge in [-0.2, -0.15) is 4.98 Å². The number of ether oxygens (including phenoxy) is 1. The third kappa shape index (κ3) is 7.16. The predicted octanol–water partition coefficient (Wildman–Crippen LogP) is 1.01. The number of imidazole rings is 1. The van der Waals surface area contributed by atoms with Crippen LogP contribution in [-0.4, -0.2) is 82.7 Å². The minimum absolute atomic E-state index is 0.0111. The average Bonchev–Trinajstić information content (AvgIpc) is 3.47. The van der Waals surface area contributed by atoms with Gasteiger partial charge in [-0.1, -0.05) is 42.1 Å². The summed E-state index contributed by atoms with van der Waals surface area (Å²) >= 11 is 0.717. The maximum Gasteiger partial charge on any atom is 0.405 e. The summed E-state index contributed by atoms with van der Waals surface area (Å²) in [5.74, 6) is -1.48. The summed E-state index contributed by atoms with van der Waals surface area (Å²) in [6.07, 6.45) is -2.85. The molecule has 1 aromatic carbocycles. The number of aliphatic hydroxyl groups excluding tert-OH is 1. The van der Waals surface area contributed by atoms with Crippen LogP contribution in [0, 0.1) is 5.41 Å². The third-order valence-electron chi connectivity index (χ3n) is 6.81. The van der Waals surface area contributed by atoms with Gasteiger partial charge in [-0.05, 0) is 26.3 Å². The van der Waals surface area contributed by atoms with E-state index in [0.717, 1.165) is 17.3 Å². The number of nitrogens with zero attached hydrogens (tertiary/aromatic N) is 3. The zero-order valence-electron chi connectivity index (χ0n) is 23.5. The highest BCUT2D eigenvalue weighted by Crippen LogP contribution is 2.47. The molecule has 1 aliphatic heterocycles. The number of nitrogens with two attached hydrogens (primary N) is 1. The van der Waals surface area contributed by atoms with Gasteiger partial charge in [-0.15, -0.1) is 0 Å². The molecule has 4 rings (SSSR count). The van der Waals surface area contributed by atoms with Crippen molar-refractivity contribution in [2.24, 2.45) is 5.41 Å². The number of H-pyrrole nitrogens is 1. The van der Waals surface area contributed by atoms with Gasteiger partial charge in [-0.25, -0.2) is 14.6 Å². The van der Waals surface area contributed by atoms with E-state index in [1.54, 1.807) is 24.3 Å². The van der Waals surface area contributed by atoms with Crippen molar-refractivity contribution in [1.82, 2.24) is 24.6 Å². The fraction of sp³-hybridized carbons (Fsp3) is 0.480. The molecular formula is C25H33N6O10PS. The van der Waals surface area contributed by atoms with Crippen LogP contribution in [0.25, 0.3) is 11.2 Å². The maximum absolute atomic E-state index is 13.7. The first-order chi connectivity index (χ1) is 20.2. The molecular weight excluding hydrogens is 607 g/mol. The number of hydrogen-bond donors (Lipinski definition) is 6. The SMILES string of the molecule is CC(C)(C(=O)O)C(=O)SCCOP(=O)(NCc1ccccc1)OCC1O[C@@H](n2cnc3c(=O)[nH]c(N)nc32)[C@](C)(O)[C@@H]1O. The van der Waals surface area contributed by atoms with E-state index in [1.165, 1.54) is 31.7 Å². The van der Waals surface area contributed by atoms with Crippen molar-refractivity contribution < 1.29 is 43.3 Å². The molecule has 1 fully saturated rings. The number of rotatable bonds is 13. The largest absolute Gasteiger partial charge is 0.480 e. The van der Waals surface area contributed by atoms with Crippen molar-refractivity contribution in [3.8, 4) is 0 Å². The summed E-state index contributed by atoms with van der Waals surface area (Å²) in [5, 5.41) is 33.5. The molecule has 2 unspecified atom stereocenters. The van der Waals surface area contributed by atoms with E-state index < -0.39 is 60.4 Å². The van der Waals surface area contributed by atoms with Gasteiger partial charge in [0, 0.05) is 12.3 Å². The second kappa shape index (κ2) is 12.8. The summed E-state index contributed by atoms with van der Waals surface area (Å²) in [7, 11) is -4.11. The minimum Gasteiger partial charge on any atom is -0.480 e. The smallest absolute Gasteiger partial charge is 0.405 e. The van der Waals surface area contributed by atoms with Crippen molar-refractivity contribution >= 4 is 47.7 Å². The van der Waals surface area contributed by atoms with Crippen molar-refractivity contribution in [3.05, 3.63) is 52.6 Å². The fourth-order valence-corrected chi connectivity index (χ4v) is 6.37. The number of benzene rings is 1. The average molecular weight is 641 g/mol. The van der Waals surface area contributed by atoms with Gasteiger partial charge in [0.2, 0.25) is 11.1 Å². The number of carbonyl (C=O) groups excluding carboxylic acids is 1. The molecule has 0 aliphatic carbocycles. The number of nitrogen functional groups attached to an aromatic ring is 1. The van der Waals surface area contributed by atoms with E-state index in [1.807, 2.05) is 6.07 Å². The molecule has 1 saturated heterocycles. The molecule has 234 valence electrons. The van der Waals surface area contributed by atoms with Crippen LogP contribution in [0.3, 0.4) is 0 Å². The molecule has 3 heterocycles. The van der Waals surface area contributed by atoms with Crippen LogP contribution in [0.2, 0.25) is 0 Å². The number of aliphatic carboxylic acids is 1. The lowest BCUT2D eigenvalue weighted by atomic mass is 9.96. The van der Waals surface area contributed by atoms with Crippen molar-refractivity contribution in [2.75, 3.05) is 24.7 Å². The van der Waals surface area contributed by atoms with Crippen LogP contribution in [0.15, 0.2) is 41.5 Å². The van der Waals surface area contributed by atoms with Gasteiger partial charge in [0.15, 0.2) is 17.4 Å². The number of aliphatic hydroxyl groups is 2. The first-order valence-corrected chi connectivity index (χ1v) is 15.6. The summed E-state index contributed by atoms with van der Waals surface area (Å²) in [6.45, 7) is 3.20. The molecule has 3 aromatic rings. The number of aromatic amines is 1. The molecule has 0 bridgehead atoms. The minimum atomic E-state index is -4.11. The van der Waals surface area contributed by atoms with E-state index in [0.29, 0.717) is 0 Å². The third-order valence-corrected chi connectivity index (χ3v) is 9.51. The molecule has 0 saturated carbocycles. The lowest BCUT2D eigenvalue weighted by molar-refractivity contribution is -0.149. The van der Waals surface area contributed by atoms with Crippen LogP contribution in [-0.2, 0) is 34.5 Å². The van der Waals surface area contributed by atoms with Crippen LogP contribution < -0.4 is 16.4 Å². The second-order valence-electron chi connectivity index (χ2n) is 10.5. The first kappa shape index (κ1) is 32.8. The Kier molecular flexibility index (Phi) is 9.78. The van der Waals surface area contributed by atoms with Crippen LogP contribution in [0.4, 0.5) is 5.95 Å². The van der Waals surface area contributed by atoms with Crippen LogP contribution in [0.5, 0.6) is 0 Å². The number of thioether (sulfide) groups is 1. The van der Waals surface area contributed by atoms with E-state index in [9.17, 15) is 34.3 Å². The maximum atomic E-state index is 13.7. The summed E-state index contributed by atoms with van der Waals surface area (Å²) in [5.41, 5.74) is 2.22. The molecule has 1 aliphatic rings. The van der Waals surface area contributed by atoms with Crippen molar-refractivity contribution in [1.29, 1.82) is 0 Å². The number of carboxylic acids is 1. The van der Waals surface area contributed by atoms with Crippen LogP contribution in [0.1, 0.15) is 32.6 Å². The highest BCUT2D eigenvalue weighted by atomic mass is 32.2. The molecule has 2 aromatic heterocycles. The second-order valence-corrected chi connectivity index (χ2v) is 13.4. The number of carboxylic acid groups (broad SMARTS) is 1. The monoisotopic (exact) mass is 640 g/mol. The van der Waals surface area contributed by atoms with E-state index in [2.05, 4.69) is 20.0 Å². The van der Waals surface area contributed by atoms with Gasteiger partial charge in [0.25, 0.3) is 5.56 Å². The zero-order chi connectivity index (χ0) is 31.6. The molecule has 0 radical (unpaired) electrons. The molecule has 7 N–H and O–H groups in total. The number of fused-ring (bicyclic) bond motifs is 1. The number of hydrogen-bond acceptors (Lipinski definition) is 13. The Morgan fingerprint density at radius 3 is 2.67 bits per heavy atom. The number of carbonyl (C=O) groups is 2. The Bertz CT molecular complexity index is 1580. The van der Waals surface area contributed by atoms with Gasteiger partial charge in [-0.3, -0.25) is 33.0 Å². The highest BCUT2D eigenvalue weighted by molar-refractivity contribution is 8.13. The van der Waals surface area contributed by atoms with Gasteiger partial charge in [0.05, 0.1) is 19.5 Å². The van der Waals surface area contributed by atoms with Crippen LogP contribution >= 0.6 is 19.5 Å². The quantitative estimate of drug-likeness (QED) is 0.0868. The summed E-state index contributed by atoms with van der Waals surface area (Å²) < 4.78 is 32.0. The lowest BCUT2D eigenvalue weighted by Crippen LogP contribution is -2.44. The van der Waals surface area contributed by atoms with Gasteiger partial charge >= 0.3 is 13.7 Å². The molecule has 43 heavy (non-hydrogen) atoms. The van der Waals surface area contributed by atoms with E-state index in [4.69, 9.17) is 19.5 Å². The normalized spacial score (nSPS) is 23.8. The molecule has 0 spiro atoms. The fourth-order valence-electron chi connectivity index (χ4n) is 4.14. The molecule has 16 nitrogen and oxygen atoms in total. The standard InChI is InChI=1S/C25H33N6O10PS/c1-24(2,21(34)35)22(36)43-10-9-39-42(38,28-11-14-7-5-4-6-8-14)40-12-15-17(32)25(3,37)20(41-15)31-13-27-16-18(31)29-23(26)30-19(16)33/h4-8,13,15,17,20,32,37H,9-12H2,1-3H3,(H,28,38)(H,34,35)(H3,26,29,30,33)/t15?,17-,20-,25-,42?/m1/s1. The molecule has 18 heteroatoms. The predicted molar refractivity (Wildman–Crippen MR) is 155 cm³/mol. The van der Waals surface area contributed by atoms with Gasteiger partial charge < -0.3 is 25.8 Å². The van der Waals surface area contributed by atoms with Crippen molar-refractivity contribution in [3.63, 3.8) is 0 Å². The Labute approximate surface area is 249 Å². The van der Waals surface area contributed by atoms with Gasteiger partial charge in [0.1, 0.15) is 23.2 Å². The highest BCUT2D eigenvalue weighted by Gasteiger charge is 2.54. The number of aromatic nitrogens is 4. The molecule has 0 amide bonds.